The Morgan fingerprint density at radius 2 is 1.89 bits per heavy atom. The lowest BCUT2D eigenvalue weighted by atomic mass is 9.98. The van der Waals surface area contributed by atoms with Gasteiger partial charge in [-0.3, -0.25) is 0 Å². The number of hydrogen-bond acceptors (Lipinski definition) is 4. The van der Waals surface area contributed by atoms with Gasteiger partial charge in [0.15, 0.2) is 11.4 Å². The topological polar surface area (TPSA) is 78.1 Å². The molecule has 18 heavy (non-hydrogen) atoms. The van der Waals surface area contributed by atoms with Gasteiger partial charge in [0.05, 0.1) is 5.39 Å². The highest BCUT2D eigenvalue weighted by Gasteiger charge is 2.13. The molecule has 4 N–H and O–H groups in total. The van der Waals surface area contributed by atoms with Gasteiger partial charge in [-0.05, 0) is 30.7 Å². The van der Waals surface area contributed by atoms with Crippen molar-refractivity contribution in [3.05, 3.63) is 42.0 Å². The van der Waals surface area contributed by atoms with Gasteiger partial charge in [0.25, 0.3) is 0 Å². The van der Waals surface area contributed by atoms with E-state index >= 15 is 0 Å². The first-order valence-corrected chi connectivity index (χ1v) is 5.67. The van der Waals surface area contributed by atoms with Gasteiger partial charge in [0.2, 0.25) is 0 Å². The Balaban J connectivity index is 2.38. The van der Waals surface area contributed by atoms with E-state index in [4.69, 9.17) is 16.0 Å². The summed E-state index contributed by atoms with van der Waals surface area (Å²) in [5, 5.41) is 4.61. The zero-order chi connectivity index (χ0) is 12.7. The molecule has 1 heterocycles. The maximum atomic E-state index is 6.04. The minimum Gasteiger partial charge on any atom is -0.398 e. The molecule has 0 unspecified atom stereocenters. The number of rotatable bonds is 1. The minimum atomic E-state index is 0.390. The van der Waals surface area contributed by atoms with Gasteiger partial charge in [0.1, 0.15) is 0 Å². The summed E-state index contributed by atoms with van der Waals surface area (Å²) < 4.78 is 5.17. The quantitative estimate of drug-likeness (QED) is 0.640. The van der Waals surface area contributed by atoms with Gasteiger partial charge < -0.3 is 16.0 Å². The Bertz CT molecular complexity index is 731. The predicted octanol–water partition coefficient (Wildman–Crippen LogP) is 2.97. The second-order valence-electron chi connectivity index (χ2n) is 4.34. The number of nitrogen functional groups attached to an aromatic ring is 2. The minimum absolute atomic E-state index is 0.390. The molecule has 0 bridgehead atoms. The first kappa shape index (κ1) is 10.7. The Morgan fingerprint density at radius 1 is 1.06 bits per heavy atom. The number of nitrogens with two attached hydrogens (primary N) is 2. The molecule has 1 aromatic heterocycles. The third-order valence-corrected chi connectivity index (χ3v) is 3.02. The van der Waals surface area contributed by atoms with Crippen molar-refractivity contribution in [1.82, 2.24) is 5.16 Å². The zero-order valence-electron chi connectivity index (χ0n) is 9.97. The smallest absolute Gasteiger partial charge is 0.175 e. The Kier molecular flexibility index (Phi) is 2.23. The van der Waals surface area contributed by atoms with Crippen LogP contribution in [0.1, 0.15) is 5.56 Å². The standard InChI is InChI=1S/C14H13N3O/c1-8-5-6-11(15)10(7-8)9-3-2-4-12-13(9)14(16)17-18-12/h2-7H,15H2,1H3,(H2,16,17). The summed E-state index contributed by atoms with van der Waals surface area (Å²) in [6, 6.07) is 11.6. The van der Waals surface area contributed by atoms with E-state index in [1.165, 1.54) is 0 Å². The molecule has 0 fully saturated rings. The Morgan fingerprint density at radius 3 is 2.72 bits per heavy atom. The molecule has 4 heteroatoms. The number of fused-ring (bicyclic) bond motifs is 1. The van der Waals surface area contributed by atoms with Crippen LogP contribution in [0.4, 0.5) is 11.5 Å². The first-order valence-electron chi connectivity index (χ1n) is 5.67. The van der Waals surface area contributed by atoms with Crippen LogP contribution in [0.25, 0.3) is 22.1 Å². The lowest BCUT2D eigenvalue weighted by molar-refractivity contribution is 0.460. The van der Waals surface area contributed by atoms with Crippen LogP contribution in [0, 0.1) is 6.92 Å². The maximum absolute atomic E-state index is 6.04. The van der Waals surface area contributed by atoms with Crippen molar-refractivity contribution in [1.29, 1.82) is 0 Å². The van der Waals surface area contributed by atoms with E-state index in [-0.39, 0.29) is 0 Å². The third kappa shape index (κ3) is 1.50. The van der Waals surface area contributed by atoms with Gasteiger partial charge in [0, 0.05) is 11.3 Å². The van der Waals surface area contributed by atoms with E-state index < -0.39 is 0 Å². The largest absolute Gasteiger partial charge is 0.398 e. The molecule has 0 amide bonds. The van der Waals surface area contributed by atoms with Gasteiger partial charge in [-0.1, -0.05) is 28.9 Å². The highest BCUT2D eigenvalue weighted by atomic mass is 16.5. The monoisotopic (exact) mass is 239 g/mol. The highest BCUT2D eigenvalue weighted by molar-refractivity contribution is 6.02. The third-order valence-electron chi connectivity index (χ3n) is 3.02. The molecule has 3 rings (SSSR count). The summed E-state index contributed by atoms with van der Waals surface area (Å²) >= 11 is 0. The highest BCUT2D eigenvalue weighted by Crippen LogP contribution is 2.35. The zero-order valence-corrected chi connectivity index (χ0v) is 9.97. The van der Waals surface area contributed by atoms with Gasteiger partial charge in [-0.2, -0.15) is 0 Å². The van der Waals surface area contributed by atoms with Gasteiger partial charge in [-0.25, -0.2) is 0 Å². The molecule has 0 aliphatic heterocycles. The number of anilines is 2. The fourth-order valence-corrected chi connectivity index (χ4v) is 2.14. The van der Waals surface area contributed by atoms with Crippen molar-refractivity contribution in [3.63, 3.8) is 0 Å². The lowest BCUT2D eigenvalue weighted by Gasteiger charge is -2.08. The van der Waals surface area contributed by atoms with Crippen LogP contribution in [-0.4, -0.2) is 5.16 Å². The van der Waals surface area contributed by atoms with Crippen LogP contribution in [0.5, 0.6) is 0 Å². The van der Waals surface area contributed by atoms with E-state index in [9.17, 15) is 0 Å². The average Bonchev–Trinajstić information content (AvgIpc) is 2.75. The molecule has 0 saturated carbocycles. The number of aryl methyl sites for hydroxylation is 1. The van der Waals surface area contributed by atoms with Gasteiger partial charge in [-0.15, -0.1) is 0 Å². The normalized spacial score (nSPS) is 10.9. The molecule has 2 aromatic carbocycles. The summed E-state index contributed by atoms with van der Waals surface area (Å²) in [5.74, 6) is 0.390. The number of aromatic nitrogens is 1. The predicted molar refractivity (Wildman–Crippen MR) is 73.0 cm³/mol. The van der Waals surface area contributed by atoms with Crippen LogP contribution in [0.15, 0.2) is 40.9 Å². The van der Waals surface area contributed by atoms with E-state index in [2.05, 4.69) is 5.16 Å². The van der Waals surface area contributed by atoms with Crippen molar-refractivity contribution in [3.8, 4) is 11.1 Å². The van der Waals surface area contributed by atoms with Crippen molar-refractivity contribution in [2.75, 3.05) is 11.5 Å². The van der Waals surface area contributed by atoms with Crippen molar-refractivity contribution in [2.45, 2.75) is 6.92 Å². The molecule has 0 spiro atoms. The second-order valence-corrected chi connectivity index (χ2v) is 4.34. The molecule has 3 aromatic rings. The van der Waals surface area contributed by atoms with Gasteiger partial charge >= 0.3 is 0 Å². The van der Waals surface area contributed by atoms with Crippen LogP contribution >= 0.6 is 0 Å². The summed E-state index contributed by atoms with van der Waals surface area (Å²) in [6.45, 7) is 2.03. The van der Waals surface area contributed by atoms with Crippen molar-refractivity contribution in [2.24, 2.45) is 0 Å². The molecule has 0 aliphatic carbocycles. The SMILES string of the molecule is Cc1ccc(N)c(-c2cccc3onc(N)c23)c1. The second kappa shape index (κ2) is 3.77. The summed E-state index contributed by atoms with van der Waals surface area (Å²) in [7, 11) is 0. The lowest BCUT2D eigenvalue weighted by Crippen LogP contribution is -1.92. The molecule has 0 aliphatic rings. The number of benzene rings is 2. The van der Waals surface area contributed by atoms with Crippen LogP contribution < -0.4 is 11.5 Å². The summed E-state index contributed by atoms with van der Waals surface area (Å²) in [4.78, 5) is 0. The van der Waals surface area contributed by atoms with Crippen molar-refractivity contribution < 1.29 is 4.52 Å². The molecular weight excluding hydrogens is 226 g/mol. The molecule has 0 atom stereocenters. The number of nitrogens with zero attached hydrogens (tertiary/aromatic N) is 1. The molecule has 0 saturated heterocycles. The van der Waals surface area contributed by atoms with Crippen LogP contribution in [0.3, 0.4) is 0 Å². The Hall–Kier alpha value is -2.49. The van der Waals surface area contributed by atoms with Crippen molar-refractivity contribution >= 4 is 22.5 Å². The fourth-order valence-electron chi connectivity index (χ4n) is 2.14. The molecule has 0 radical (unpaired) electrons. The van der Waals surface area contributed by atoms with E-state index in [1.807, 2.05) is 43.3 Å². The summed E-state index contributed by atoms with van der Waals surface area (Å²) in [5.41, 5.74) is 16.3. The molecule has 4 nitrogen and oxygen atoms in total. The number of hydrogen-bond donors (Lipinski definition) is 2. The molecular formula is C14H13N3O. The first-order chi connectivity index (χ1) is 8.66. The van der Waals surface area contributed by atoms with Crippen LogP contribution in [0.2, 0.25) is 0 Å². The van der Waals surface area contributed by atoms with E-state index in [0.29, 0.717) is 17.1 Å². The fraction of sp³-hybridized carbons (Fsp3) is 0.0714. The summed E-state index contributed by atoms with van der Waals surface area (Å²) in [6.07, 6.45) is 0. The molecule has 90 valence electrons. The van der Waals surface area contributed by atoms with Crippen LogP contribution in [-0.2, 0) is 0 Å². The maximum Gasteiger partial charge on any atom is 0.175 e. The van der Waals surface area contributed by atoms with E-state index in [0.717, 1.165) is 22.1 Å². The van der Waals surface area contributed by atoms with E-state index in [1.54, 1.807) is 0 Å². The average molecular weight is 239 g/mol. The Labute approximate surface area is 104 Å².